The third-order valence-corrected chi connectivity index (χ3v) is 3.58. The Morgan fingerprint density at radius 2 is 2.16 bits per heavy atom. The zero-order valence-electron chi connectivity index (χ0n) is 14.0. The lowest BCUT2D eigenvalue weighted by atomic mass is 10.1. The summed E-state index contributed by atoms with van der Waals surface area (Å²) >= 11 is 0. The number of nitrogens with zero attached hydrogens (tertiary/aromatic N) is 1. The smallest absolute Gasteiger partial charge is 0.328 e. The Balaban J connectivity index is 2.04. The molecule has 0 unspecified atom stereocenters. The number of carbonyl (C=O) groups excluding carboxylic acids is 3. The van der Waals surface area contributed by atoms with Crippen LogP contribution in [0.1, 0.15) is 16.8 Å². The predicted molar refractivity (Wildman–Crippen MR) is 90.7 cm³/mol. The van der Waals surface area contributed by atoms with Crippen LogP contribution < -0.4 is 26.0 Å². The molecule has 1 aromatic carbocycles. The van der Waals surface area contributed by atoms with Crippen molar-refractivity contribution < 1.29 is 23.9 Å². The summed E-state index contributed by atoms with van der Waals surface area (Å²) in [6.07, 6.45) is 0.208. The van der Waals surface area contributed by atoms with Crippen LogP contribution in [0.25, 0.3) is 0 Å². The van der Waals surface area contributed by atoms with Gasteiger partial charge >= 0.3 is 6.03 Å². The number of hydrogen-bond donors (Lipinski definition) is 3. The van der Waals surface area contributed by atoms with Crippen molar-refractivity contribution in [3.63, 3.8) is 0 Å². The Morgan fingerprint density at radius 1 is 1.36 bits per heavy atom. The number of amides is 4. The van der Waals surface area contributed by atoms with E-state index in [1.165, 1.54) is 12.0 Å². The van der Waals surface area contributed by atoms with E-state index in [1.54, 1.807) is 18.2 Å². The molecule has 0 bridgehead atoms. The molecule has 2 rings (SSSR count). The standard InChI is InChI=1S/C16H22N4O5/c1-24-13-10-11(15(22)18-6-9-25-8-5-17)2-3-12(13)20-7-4-14(21)19-16(20)23/h2-3,10H,4-9,17H2,1H3,(H,18,22)(H,19,21,23). The molecule has 9 nitrogen and oxygen atoms in total. The lowest BCUT2D eigenvalue weighted by Gasteiger charge is -2.28. The summed E-state index contributed by atoms with van der Waals surface area (Å²) in [6.45, 7) is 1.87. The van der Waals surface area contributed by atoms with Crippen LogP contribution in [-0.4, -0.2) is 57.8 Å². The number of ether oxygens (including phenoxy) is 2. The Bertz CT molecular complexity index is 649. The average Bonchev–Trinajstić information content (AvgIpc) is 2.61. The van der Waals surface area contributed by atoms with Gasteiger partial charge in [0.15, 0.2) is 0 Å². The van der Waals surface area contributed by atoms with Crippen LogP contribution in [-0.2, 0) is 9.53 Å². The van der Waals surface area contributed by atoms with Crippen LogP contribution in [0.2, 0.25) is 0 Å². The van der Waals surface area contributed by atoms with E-state index in [0.717, 1.165) is 0 Å². The van der Waals surface area contributed by atoms with Gasteiger partial charge in [0.25, 0.3) is 5.91 Å². The first-order valence-corrected chi connectivity index (χ1v) is 7.92. The molecule has 1 aromatic rings. The van der Waals surface area contributed by atoms with Crippen molar-refractivity contribution in [1.82, 2.24) is 10.6 Å². The molecule has 0 saturated carbocycles. The summed E-state index contributed by atoms with van der Waals surface area (Å²) in [4.78, 5) is 36.8. The number of rotatable bonds is 8. The molecule has 1 heterocycles. The minimum atomic E-state index is -0.510. The molecule has 4 amide bonds. The first-order chi connectivity index (χ1) is 12.1. The Labute approximate surface area is 145 Å². The van der Waals surface area contributed by atoms with E-state index in [9.17, 15) is 14.4 Å². The maximum absolute atomic E-state index is 12.2. The quantitative estimate of drug-likeness (QED) is 0.560. The second-order valence-corrected chi connectivity index (χ2v) is 5.30. The molecule has 136 valence electrons. The van der Waals surface area contributed by atoms with E-state index in [4.69, 9.17) is 15.2 Å². The molecule has 9 heteroatoms. The van der Waals surface area contributed by atoms with Crippen LogP contribution >= 0.6 is 0 Å². The molecule has 0 spiro atoms. The van der Waals surface area contributed by atoms with Crippen molar-refractivity contribution in [2.24, 2.45) is 5.73 Å². The monoisotopic (exact) mass is 350 g/mol. The van der Waals surface area contributed by atoms with E-state index in [2.05, 4.69) is 10.6 Å². The molecule has 0 aromatic heterocycles. The van der Waals surface area contributed by atoms with Crippen LogP contribution in [0.3, 0.4) is 0 Å². The summed E-state index contributed by atoms with van der Waals surface area (Å²) in [5, 5.41) is 4.98. The molecule has 0 radical (unpaired) electrons. The fourth-order valence-electron chi connectivity index (χ4n) is 2.36. The van der Waals surface area contributed by atoms with Crippen molar-refractivity contribution in [2.45, 2.75) is 6.42 Å². The molecule has 0 aliphatic carbocycles. The van der Waals surface area contributed by atoms with E-state index < -0.39 is 6.03 Å². The number of anilines is 1. The number of carbonyl (C=O) groups is 3. The molecule has 1 aliphatic rings. The van der Waals surface area contributed by atoms with Crippen LogP contribution in [0.4, 0.5) is 10.5 Å². The minimum absolute atomic E-state index is 0.208. The van der Waals surface area contributed by atoms with Gasteiger partial charge < -0.3 is 20.5 Å². The Morgan fingerprint density at radius 3 is 2.84 bits per heavy atom. The lowest BCUT2D eigenvalue weighted by Crippen LogP contribution is -2.49. The number of nitrogens with one attached hydrogen (secondary N) is 2. The molecule has 25 heavy (non-hydrogen) atoms. The van der Waals surface area contributed by atoms with E-state index in [1.807, 2.05) is 0 Å². The van der Waals surface area contributed by atoms with Crippen LogP contribution in [0.5, 0.6) is 5.75 Å². The number of benzene rings is 1. The van der Waals surface area contributed by atoms with Gasteiger partial charge in [0.1, 0.15) is 5.75 Å². The number of nitrogens with two attached hydrogens (primary N) is 1. The van der Waals surface area contributed by atoms with Crippen molar-refractivity contribution in [1.29, 1.82) is 0 Å². The summed E-state index contributed by atoms with van der Waals surface area (Å²) < 4.78 is 10.5. The average molecular weight is 350 g/mol. The summed E-state index contributed by atoms with van der Waals surface area (Å²) in [5.74, 6) is -0.218. The highest BCUT2D eigenvalue weighted by atomic mass is 16.5. The van der Waals surface area contributed by atoms with Gasteiger partial charge in [-0.15, -0.1) is 0 Å². The third-order valence-electron chi connectivity index (χ3n) is 3.58. The summed E-state index contributed by atoms with van der Waals surface area (Å²) in [6, 6.07) is 4.25. The fraction of sp³-hybridized carbons (Fsp3) is 0.438. The normalized spacial score (nSPS) is 14.2. The Hall–Kier alpha value is -2.65. The highest BCUT2D eigenvalue weighted by Crippen LogP contribution is 2.30. The summed E-state index contributed by atoms with van der Waals surface area (Å²) in [5.41, 5.74) is 6.20. The van der Waals surface area contributed by atoms with Crippen molar-refractivity contribution >= 4 is 23.5 Å². The number of imide groups is 1. The molecule has 1 saturated heterocycles. The Kier molecular flexibility index (Phi) is 6.72. The van der Waals surface area contributed by atoms with Crippen molar-refractivity contribution in [2.75, 3.05) is 44.9 Å². The second kappa shape index (κ2) is 9.00. The van der Waals surface area contributed by atoms with Crippen molar-refractivity contribution in [3.05, 3.63) is 23.8 Å². The highest BCUT2D eigenvalue weighted by Gasteiger charge is 2.26. The van der Waals surface area contributed by atoms with Crippen LogP contribution in [0.15, 0.2) is 18.2 Å². The number of methoxy groups -OCH3 is 1. The third kappa shape index (κ3) is 4.91. The van der Waals surface area contributed by atoms with Gasteiger partial charge in [-0.05, 0) is 18.2 Å². The van der Waals surface area contributed by atoms with Gasteiger partial charge in [-0.2, -0.15) is 0 Å². The topological polar surface area (TPSA) is 123 Å². The maximum Gasteiger partial charge on any atom is 0.328 e. The molecule has 1 aliphatic heterocycles. The first kappa shape index (κ1) is 18.7. The predicted octanol–water partition coefficient (Wildman–Crippen LogP) is -0.153. The largest absolute Gasteiger partial charge is 0.495 e. The van der Waals surface area contributed by atoms with Crippen LogP contribution in [0, 0.1) is 0 Å². The van der Waals surface area contributed by atoms with Gasteiger partial charge in [0, 0.05) is 31.6 Å². The summed E-state index contributed by atoms with van der Waals surface area (Å²) in [7, 11) is 1.45. The molecular formula is C16H22N4O5. The zero-order valence-corrected chi connectivity index (χ0v) is 14.0. The first-order valence-electron chi connectivity index (χ1n) is 7.92. The van der Waals surface area contributed by atoms with E-state index in [0.29, 0.717) is 43.3 Å². The van der Waals surface area contributed by atoms with Gasteiger partial charge in [-0.3, -0.25) is 19.8 Å². The van der Waals surface area contributed by atoms with Gasteiger partial charge in [-0.25, -0.2) is 4.79 Å². The molecular weight excluding hydrogens is 328 g/mol. The SMILES string of the molecule is COc1cc(C(=O)NCCOCCN)ccc1N1CCC(=O)NC1=O. The van der Waals surface area contributed by atoms with E-state index >= 15 is 0 Å². The molecule has 0 atom stereocenters. The maximum atomic E-state index is 12.2. The van der Waals surface area contributed by atoms with Gasteiger partial charge in [-0.1, -0.05) is 0 Å². The van der Waals surface area contributed by atoms with Crippen molar-refractivity contribution in [3.8, 4) is 5.75 Å². The lowest BCUT2D eigenvalue weighted by molar-refractivity contribution is -0.120. The number of hydrogen-bond acceptors (Lipinski definition) is 6. The second-order valence-electron chi connectivity index (χ2n) is 5.30. The molecule has 1 fully saturated rings. The van der Waals surface area contributed by atoms with Gasteiger partial charge in [0.2, 0.25) is 5.91 Å². The van der Waals surface area contributed by atoms with E-state index in [-0.39, 0.29) is 24.8 Å². The highest BCUT2D eigenvalue weighted by molar-refractivity contribution is 6.06. The van der Waals surface area contributed by atoms with Gasteiger partial charge in [0.05, 0.1) is 26.0 Å². The number of urea groups is 1. The minimum Gasteiger partial charge on any atom is -0.495 e. The molecule has 4 N–H and O–H groups in total. The fourth-order valence-corrected chi connectivity index (χ4v) is 2.36. The zero-order chi connectivity index (χ0) is 18.2.